The number of hydrogen-bond donors (Lipinski definition) is 2. The first-order chi connectivity index (χ1) is 8.11. The van der Waals surface area contributed by atoms with Crippen molar-refractivity contribution in [1.29, 1.82) is 0 Å². The van der Waals surface area contributed by atoms with Gasteiger partial charge in [-0.2, -0.15) is 0 Å². The summed E-state index contributed by atoms with van der Waals surface area (Å²) in [5.74, 6) is 0.884. The van der Waals surface area contributed by atoms with E-state index in [9.17, 15) is 4.79 Å². The Hall–Kier alpha value is -0.650. The van der Waals surface area contributed by atoms with E-state index < -0.39 is 0 Å². The molecule has 5 heteroatoms. The van der Waals surface area contributed by atoms with Crippen molar-refractivity contribution in [2.45, 2.75) is 12.8 Å². The van der Waals surface area contributed by atoms with Crippen LogP contribution in [0.25, 0.3) is 0 Å². The first-order valence-electron chi connectivity index (χ1n) is 6.45. The minimum atomic E-state index is 0.0986. The van der Waals surface area contributed by atoms with Gasteiger partial charge < -0.3 is 16.0 Å². The third-order valence-corrected chi connectivity index (χ3v) is 3.16. The van der Waals surface area contributed by atoms with Crippen molar-refractivity contribution < 1.29 is 4.79 Å². The predicted octanol–water partition coefficient (Wildman–Crippen LogP) is -0.665. The third kappa shape index (κ3) is 6.00. The van der Waals surface area contributed by atoms with Crippen LogP contribution in [0, 0.1) is 5.92 Å². The Labute approximate surface area is 104 Å². The van der Waals surface area contributed by atoms with Crippen molar-refractivity contribution in [1.82, 2.24) is 15.1 Å². The van der Waals surface area contributed by atoms with Crippen LogP contribution in [-0.4, -0.2) is 69.1 Å². The largest absolute Gasteiger partial charge is 0.354 e. The molecule has 1 rings (SSSR count). The fraction of sp³-hybridized carbons (Fsp3) is 0.917. The molecule has 1 heterocycles. The lowest BCUT2D eigenvalue weighted by Gasteiger charge is -2.32. The first kappa shape index (κ1) is 14.4. The predicted molar refractivity (Wildman–Crippen MR) is 69.8 cm³/mol. The molecule has 3 N–H and O–H groups in total. The molecule has 0 unspecified atom stereocenters. The molecule has 0 aromatic carbocycles. The van der Waals surface area contributed by atoms with E-state index in [1.807, 2.05) is 0 Å². The topological polar surface area (TPSA) is 61.6 Å². The van der Waals surface area contributed by atoms with Crippen molar-refractivity contribution >= 4 is 5.91 Å². The quantitative estimate of drug-likeness (QED) is 0.649. The summed E-state index contributed by atoms with van der Waals surface area (Å²) in [7, 11) is 4.24. The van der Waals surface area contributed by atoms with E-state index in [4.69, 9.17) is 5.73 Å². The minimum Gasteiger partial charge on any atom is -0.354 e. The zero-order valence-electron chi connectivity index (χ0n) is 11.1. The fourth-order valence-electron chi connectivity index (χ4n) is 2.31. The summed E-state index contributed by atoms with van der Waals surface area (Å²) in [5.41, 5.74) is 5.34. The Morgan fingerprint density at radius 2 is 2.06 bits per heavy atom. The molecule has 0 bridgehead atoms. The van der Waals surface area contributed by atoms with Crippen molar-refractivity contribution in [3.05, 3.63) is 0 Å². The Bertz CT molecular complexity index is 225. The van der Waals surface area contributed by atoms with Crippen molar-refractivity contribution in [2.24, 2.45) is 11.7 Å². The Morgan fingerprint density at radius 3 is 2.59 bits per heavy atom. The molecule has 0 aromatic rings. The van der Waals surface area contributed by atoms with Crippen LogP contribution >= 0.6 is 0 Å². The third-order valence-electron chi connectivity index (χ3n) is 3.16. The second kappa shape index (κ2) is 7.63. The average molecular weight is 242 g/mol. The normalized spacial score (nSPS) is 18.6. The molecule has 0 aliphatic carbocycles. The highest BCUT2D eigenvalue weighted by atomic mass is 16.2. The van der Waals surface area contributed by atoms with Gasteiger partial charge in [0.15, 0.2) is 0 Å². The molecule has 17 heavy (non-hydrogen) atoms. The number of piperidine rings is 1. The number of nitrogens with one attached hydrogen (secondary N) is 1. The van der Waals surface area contributed by atoms with E-state index >= 15 is 0 Å². The standard InChI is InChI=1S/C12H26N4O/c1-15(2)9-11-3-7-16(8-4-11)10-12(17)14-6-5-13/h11H,3-10,13H2,1-2H3,(H,14,17). The Morgan fingerprint density at radius 1 is 1.41 bits per heavy atom. The number of likely N-dealkylation sites (tertiary alicyclic amines) is 1. The summed E-state index contributed by atoms with van der Waals surface area (Å²) in [5, 5.41) is 2.81. The van der Waals surface area contributed by atoms with Crippen LogP contribution in [0.2, 0.25) is 0 Å². The van der Waals surface area contributed by atoms with Gasteiger partial charge in [-0.1, -0.05) is 0 Å². The number of carbonyl (C=O) groups is 1. The summed E-state index contributed by atoms with van der Waals surface area (Å²) in [4.78, 5) is 16.0. The molecule has 1 aliphatic rings. The zero-order chi connectivity index (χ0) is 12.7. The highest BCUT2D eigenvalue weighted by Crippen LogP contribution is 2.17. The van der Waals surface area contributed by atoms with Crippen molar-refractivity contribution in [2.75, 3.05) is 53.4 Å². The van der Waals surface area contributed by atoms with E-state index in [1.54, 1.807) is 0 Å². The van der Waals surface area contributed by atoms with Crippen LogP contribution in [0.5, 0.6) is 0 Å². The van der Waals surface area contributed by atoms with Crippen LogP contribution in [0.3, 0.4) is 0 Å². The molecule has 1 amide bonds. The maximum Gasteiger partial charge on any atom is 0.234 e. The number of rotatable bonds is 6. The molecular weight excluding hydrogens is 216 g/mol. The molecule has 0 aromatic heterocycles. The lowest BCUT2D eigenvalue weighted by Crippen LogP contribution is -2.43. The van der Waals surface area contributed by atoms with Gasteiger partial charge in [0.2, 0.25) is 5.91 Å². The first-order valence-corrected chi connectivity index (χ1v) is 6.45. The summed E-state index contributed by atoms with van der Waals surface area (Å²) in [6.45, 7) is 4.84. The zero-order valence-corrected chi connectivity index (χ0v) is 11.1. The number of amides is 1. The maximum absolute atomic E-state index is 11.5. The van der Waals surface area contributed by atoms with Gasteiger partial charge in [0.05, 0.1) is 6.54 Å². The second-order valence-corrected chi connectivity index (χ2v) is 5.12. The lowest BCUT2D eigenvalue weighted by molar-refractivity contribution is -0.122. The highest BCUT2D eigenvalue weighted by molar-refractivity contribution is 5.77. The van der Waals surface area contributed by atoms with Crippen LogP contribution in [0.4, 0.5) is 0 Å². The van der Waals surface area contributed by atoms with Crippen LogP contribution in [0.1, 0.15) is 12.8 Å². The molecule has 0 spiro atoms. The number of nitrogens with zero attached hydrogens (tertiary/aromatic N) is 2. The van der Waals surface area contributed by atoms with Crippen LogP contribution in [-0.2, 0) is 4.79 Å². The van der Waals surface area contributed by atoms with Gasteiger partial charge in [0.25, 0.3) is 0 Å². The van der Waals surface area contributed by atoms with Gasteiger partial charge in [-0.05, 0) is 45.9 Å². The van der Waals surface area contributed by atoms with E-state index in [2.05, 4.69) is 29.2 Å². The molecule has 100 valence electrons. The van der Waals surface area contributed by atoms with Gasteiger partial charge in [-0.3, -0.25) is 9.69 Å². The molecule has 0 radical (unpaired) electrons. The van der Waals surface area contributed by atoms with Crippen molar-refractivity contribution in [3.8, 4) is 0 Å². The number of carbonyl (C=O) groups excluding carboxylic acids is 1. The van der Waals surface area contributed by atoms with E-state index in [0.717, 1.165) is 25.6 Å². The van der Waals surface area contributed by atoms with Crippen LogP contribution < -0.4 is 11.1 Å². The number of hydrogen-bond acceptors (Lipinski definition) is 4. The summed E-state index contributed by atoms with van der Waals surface area (Å²) in [6.07, 6.45) is 2.39. The molecule has 0 atom stereocenters. The summed E-state index contributed by atoms with van der Waals surface area (Å²) in [6, 6.07) is 0. The van der Waals surface area contributed by atoms with Gasteiger partial charge in [-0.25, -0.2) is 0 Å². The van der Waals surface area contributed by atoms with E-state index in [1.165, 1.54) is 12.8 Å². The average Bonchev–Trinajstić information content (AvgIpc) is 2.28. The smallest absolute Gasteiger partial charge is 0.234 e. The summed E-state index contributed by atoms with van der Waals surface area (Å²) < 4.78 is 0. The lowest BCUT2D eigenvalue weighted by atomic mass is 9.96. The molecule has 1 saturated heterocycles. The van der Waals surface area contributed by atoms with Crippen molar-refractivity contribution in [3.63, 3.8) is 0 Å². The Balaban J connectivity index is 2.16. The fourth-order valence-corrected chi connectivity index (χ4v) is 2.31. The van der Waals surface area contributed by atoms with Gasteiger partial charge >= 0.3 is 0 Å². The Kier molecular flexibility index (Phi) is 6.47. The van der Waals surface area contributed by atoms with Crippen LogP contribution in [0.15, 0.2) is 0 Å². The molecule has 0 saturated carbocycles. The SMILES string of the molecule is CN(C)CC1CCN(CC(=O)NCCN)CC1. The molecular formula is C12H26N4O. The van der Waals surface area contributed by atoms with Gasteiger partial charge in [-0.15, -0.1) is 0 Å². The van der Waals surface area contributed by atoms with E-state index in [0.29, 0.717) is 19.6 Å². The van der Waals surface area contributed by atoms with E-state index in [-0.39, 0.29) is 5.91 Å². The highest BCUT2D eigenvalue weighted by Gasteiger charge is 2.20. The summed E-state index contributed by atoms with van der Waals surface area (Å²) >= 11 is 0. The maximum atomic E-state index is 11.5. The van der Waals surface area contributed by atoms with Gasteiger partial charge in [0.1, 0.15) is 0 Å². The molecule has 1 fully saturated rings. The molecule has 1 aliphatic heterocycles. The van der Waals surface area contributed by atoms with Gasteiger partial charge in [0, 0.05) is 19.6 Å². The minimum absolute atomic E-state index is 0.0986. The molecule has 5 nitrogen and oxygen atoms in total. The monoisotopic (exact) mass is 242 g/mol. The second-order valence-electron chi connectivity index (χ2n) is 5.12. The number of nitrogens with two attached hydrogens (primary N) is 1.